The van der Waals surface area contributed by atoms with Gasteiger partial charge < -0.3 is 4.57 Å². The minimum atomic E-state index is -0.340. The highest BCUT2D eigenvalue weighted by molar-refractivity contribution is 5.93. The Kier molecular flexibility index (Phi) is 4.67. The topological polar surface area (TPSA) is 75.1 Å². The van der Waals surface area contributed by atoms with Gasteiger partial charge in [-0.15, -0.1) is 0 Å². The first kappa shape index (κ1) is 15.5. The predicted octanol–water partition coefficient (Wildman–Crippen LogP) is 2.84. The van der Waals surface area contributed by atoms with Crippen LogP contribution in [0.1, 0.15) is 16.1 Å². The quantitative estimate of drug-likeness (QED) is 0.560. The minimum absolute atomic E-state index is 0.340. The van der Waals surface area contributed by atoms with Gasteiger partial charge in [-0.2, -0.15) is 10.2 Å². The number of benzene rings is 1. The molecule has 2 aromatic heterocycles. The third-order valence-electron chi connectivity index (χ3n) is 3.44. The molecule has 3 rings (SSSR count). The van der Waals surface area contributed by atoms with E-state index in [-0.39, 0.29) is 5.91 Å². The number of rotatable bonds is 5. The molecule has 2 heterocycles. The number of hydrogen-bond acceptors (Lipinski definition) is 3. The fourth-order valence-corrected chi connectivity index (χ4v) is 2.21. The van der Waals surface area contributed by atoms with Gasteiger partial charge >= 0.3 is 0 Å². The smallest absolute Gasteiger partial charge is 0.289 e. The van der Waals surface area contributed by atoms with Crippen LogP contribution in [0.2, 0.25) is 0 Å². The van der Waals surface area contributed by atoms with Crippen LogP contribution in [0, 0.1) is 0 Å². The van der Waals surface area contributed by atoms with E-state index in [1.165, 1.54) is 6.21 Å². The Morgan fingerprint density at radius 3 is 2.83 bits per heavy atom. The lowest BCUT2D eigenvalue weighted by atomic mass is 10.2. The first-order valence-electron chi connectivity index (χ1n) is 7.46. The number of carbonyl (C=O) groups excluding carboxylic acids is 1. The maximum atomic E-state index is 12.0. The number of aromatic amines is 1. The summed E-state index contributed by atoms with van der Waals surface area (Å²) in [6.45, 7) is 0. The van der Waals surface area contributed by atoms with Gasteiger partial charge in [0.25, 0.3) is 5.91 Å². The number of amides is 1. The van der Waals surface area contributed by atoms with E-state index in [4.69, 9.17) is 0 Å². The van der Waals surface area contributed by atoms with Crippen molar-refractivity contribution in [2.75, 3.05) is 0 Å². The van der Waals surface area contributed by atoms with E-state index in [9.17, 15) is 4.79 Å². The van der Waals surface area contributed by atoms with Crippen molar-refractivity contribution in [3.63, 3.8) is 0 Å². The van der Waals surface area contributed by atoms with Crippen molar-refractivity contribution in [1.82, 2.24) is 20.2 Å². The van der Waals surface area contributed by atoms with E-state index in [2.05, 4.69) is 20.7 Å². The molecule has 3 aromatic rings. The number of nitrogens with one attached hydrogen (secondary N) is 2. The molecule has 1 amide bonds. The van der Waals surface area contributed by atoms with E-state index < -0.39 is 0 Å². The van der Waals surface area contributed by atoms with Gasteiger partial charge in [0.15, 0.2) is 0 Å². The van der Waals surface area contributed by atoms with Gasteiger partial charge in [0.1, 0.15) is 11.4 Å². The Balaban J connectivity index is 1.58. The predicted molar refractivity (Wildman–Crippen MR) is 94.4 cm³/mol. The summed E-state index contributed by atoms with van der Waals surface area (Å²) < 4.78 is 1.93. The second-order valence-electron chi connectivity index (χ2n) is 5.16. The average molecular weight is 319 g/mol. The van der Waals surface area contributed by atoms with Gasteiger partial charge in [-0.05, 0) is 29.8 Å². The molecule has 0 unspecified atom stereocenters. The first-order valence-corrected chi connectivity index (χ1v) is 7.46. The number of nitrogens with zero attached hydrogens (tertiary/aromatic N) is 3. The Morgan fingerprint density at radius 1 is 1.25 bits per heavy atom. The lowest BCUT2D eigenvalue weighted by Crippen LogP contribution is -2.17. The molecule has 1 aromatic carbocycles. The second kappa shape index (κ2) is 7.23. The fraction of sp³-hybridized carbons (Fsp3) is 0.0556. The van der Waals surface area contributed by atoms with Gasteiger partial charge in [0, 0.05) is 19.5 Å². The van der Waals surface area contributed by atoms with Crippen LogP contribution < -0.4 is 5.43 Å². The summed E-state index contributed by atoms with van der Waals surface area (Å²) in [6.07, 6.45) is 7.11. The van der Waals surface area contributed by atoms with E-state index in [1.54, 1.807) is 12.1 Å². The van der Waals surface area contributed by atoms with Crippen molar-refractivity contribution in [3.8, 4) is 11.4 Å². The van der Waals surface area contributed by atoms with Crippen LogP contribution in [0.15, 0.2) is 65.9 Å². The molecule has 0 saturated heterocycles. The molecule has 0 atom stereocenters. The molecule has 0 aliphatic carbocycles. The summed E-state index contributed by atoms with van der Waals surface area (Å²) in [5.41, 5.74) is 5.52. The summed E-state index contributed by atoms with van der Waals surface area (Å²) in [4.78, 5) is 12.0. The van der Waals surface area contributed by atoms with Crippen LogP contribution in [0.5, 0.6) is 0 Å². The normalized spacial score (nSPS) is 11.4. The van der Waals surface area contributed by atoms with Gasteiger partial charge in [-0.1, -0.05) is 36.4 Å². The monoisotopic (exact) mass is 319 g/mol. The van der Waals surface area contributed by atoms with E-state index in [0.717, 1.165) is 11.3 Å². The molecule has 6 heteroatoms. The SMILES string of the molecule is Cn1cccc1-c1cc(C(=O)N/N=C/C=C/c2ccccc2)[nH]n1. The Labute approximate surface area is 139 Å². The van der Waals surface area contributed by atoms with Gasteiger partial charge in [0.05, 0.1) is 5.69 Å². The lowest BCUT2D eigenvalue weighted by Gasteiger charge is -1.97. The fourth-order valence-electron chi connectivity index (χ4n) is 2.21. The van der Waals surface area contributed by atoms with E-state index in [0.29, 0.717) is 11.4 Å². The molecule has 0 aliphatic heterocycles. The van der Waals surface area contributed by atoms with Crippen LogP contribution >= 0.6 is 0 Å². The standard InChI is InChI=1S/C18H17N5O/c1-23-12-6-10-17(23)15-13-16(21-20-15)18(24)22-19-11-5-9-14-7-3-2-4-8-14/h2-13H,1H3,(H,20,21)(H,22,24)/b9-5+,19-11+. The van der Waals surface area contributed by atoms with Crippen LogP contribution in [0.3, 0.4) is 0 Å². The largest absolute Gasteiger partial charge is 0.349 e. The first-order chi connectivity index (χ1) is 11.7. The Hall–Kier alpha value is -3.41. The number of aromatic nitrogens is 3. The number of aryl methyl sites for hydroxylation is 1. The van der Waals surface area contributed by atoms with E-state index in [1.807, 2.05) is 66.4 Å². The summed E-state index contributed by atoms with van der Waals surface area (Å²) in [7, 11) is 1.92. The minimum Gasteiger partial charge on any atom is -0.349 e. The zero-order valence-electron chi connectivity index (χ0n) is 13.2. The lowest BCUT2D eigenvalue weighted by molar-refractivity contribution is 0.0950. The molecule has 0 fully saturated rings. The van der Waals surface area contributed by atoms with Gasteiger partial charge in [-0.25, -0.2) is 5.43 Å². The van der Waals surface area contributed by atoms with Crippen molar-refractivity contribution in [2.24, 2.45) is 12.1 Å². The Bertz CT molecular complexity index is 874. The third kappa shape index (κ3) is 3.67. The van der Waals surface area contributed by atoms with Gasteiger partial charge in [0.2, 0.25) is 0 Å². The van der Waals surface area contributed by atoms with Crippen LogP contribution in [0.25, 0.3) is 17.5 Å². The molecule has 6 nitrogen and oxygen atoms in total. The van der Waals surface area contributed by atoms with Gasteiger partial charge in [-0.3, -0.25) is 9.89 Å². The molecule has 120 valence electrons. The maximum Gasteiger partial charge on any atom is 0.289 e. The highest BCUT2D eigenvalue weighted by Crippen LogP contribution is 2.17. The number of carbonyl (C=O) groups is 1. The van der Waals surface area contributed by atoms with Crippen LogP contribution in [-0.2, 0) is 7.05 Å². The molecule has 24 heavy (non-hydrogen) atoms. The highest BCUT2D eigenvalue weighted by Gasteiger charge is 2.11. The van der Waals surface area contributed by atoms with Crippen LogP contribution in [-0.4, -0.2) is 26.9 Å². The molecule has 0 radical (unpaired) electrons. The number of H-pyrrole nitrogens is 1. The zero-order valence-corrected chi connectivity index (χ0v) is 13.2. The second-order valence-corrected chi connectivity index (χ2v) is 5.16. The summed E-state index contributed by atoms with van der Waals surface area (Å²) in [5.74, 6) is -0.340. The van der Waals surface area contributed by atoms with E-state index >= 15 is 0 Å². The third-order valence-corrected chi connectivity index (χ3v) is 3.44. The van der Waals surface area contributed by atoms with Crippen molar-refractivity contribution in [1.29, 1.82) is 0 Å². The molecule has 0 spiro atoms. The molecule has 0 saturated carbocycles. The zero-order chi connectivity index (χ0) is 16.8. The summed E-state index contributed by atoms with van der Waals surface area (Å²) in [5, 5.41) is 10.8. The van der Waals surface area contributed by atoms with Crippen molar-refractivity contribution >= 4 is 18.2 Å². The molecule has 0 aliphatic rings. The van der Waals surface area contributed by atoms with Crippen LogP contribution in [0.4, 0.5) is 0 Å². The highest BCUT2D eigenvalue weighted by atomic mass is 16.2. The van der Waals surface area contributed by atoms with Crippen molar-refractivity contribution in [3.05, 3.63) is 72.1 Å². The summed E-state index contributed by atoms with van der Waals surface area (Å²) >= 11 is 0. The maximum absolute atomic E-state index is 12.0. The van der Waals surface area contributed by atoms with Crippen molar-refractivity contribution < 1.29 is 4.79 Å². The summed E-state index contributed by atoms with van der Waals surface area (Å²) in [6, 6.07) is 15.4. The molecule has 0 bridgehead atoms. The number of hydrogen-bond donors (Lipinski definition) is 2. The average Bonchev–Trinajstić information content (AvgIpc) is 3.24. The molecule has 2 N–H and O–H groups in total. The molecular formula is C18H17N5O. The number of hydrazone groups is 1. The molecular weight excluding hydrogens is 302 g/mol. The number of allylic oxidation sites excluding steroid dienone is 1. The van der Waals surface area contributed by atoms with Crippen molar-refractivity contribution in [2.45, 2.75) is 0 Å². The Morgan fingerprint density at radius 2 is 2.08 bits per heavy atom.